The molecule has 24 heavy (non-hydrogen) atoms. The Balaban J connectivity index is 2.03. The number of nitrogens with zero attached hydrogens (tertiary/aromatic N) is 1. The Morgan fingerprint density at radius 2 is 1.92 bits per heavy atom. The molecule has 1 aromatic carbocycles. The molecule has 1 amide bonds. The predicted octanol–water partition coefficient (Wildman–Crippen LogP) is 3.11. The molecule has 0 bridgehead atoms. The summed E-state index contributed by atoms with van der Waals surface area (Å²) in [5.41, 5.74) is 8.21. The Bertz CT molecular complexity index is 776. The van der Waals surface area contributed by atoms with Gasteiger partial charge in [0.25, 0.3) is 5.91 Å². The molecule has 128 valence electrons. The zero-order valence-corrected chi connectivity index (χ0v) is 14.8. The highest BCUT2D eigenvalue weighted by Gasteiger charge is 2.30. The second-order valence-corrected chi connectivity index (χ2v) is 6.41. The van der Waals surface area contributed by atoms with E-state index in [1.54, 1.807) is 20.3 Å². The number of rotatable bonds is 4. The highest BCUT2D eigenvalue weighted by molar-refractivity contribution is 6.38. The van der Waals surface area contributed by atoms with Gasteiger partial charge in [-0.25, -0.2) is 0 Å². The number of hydrogen-bond acceptors (Lipinski definition) is 4. The van der Waals surface area contributed by atoms with Crippen molar-refractivity contribution in [2.24, 2.45) is 5.73 Å². The van der Waals surface area contributed by atoms with Crippen molar-refractivity contribution in [3.63, 3.8) is 0 Å². The third-order valence-electron chi connectivity index (χ3n) is 4.40. The first-order chi connectivity index (χ1) is 11.5. The van der Waals surface area contributed by atoms with Gasteiger partial charge in [-0.05, 0) is 25.2 Å². The summed E-state index contributed by atoms with van der Waals surface area (Å²) in [6, 6.07) is 1.67. The van der Waals surface area contributed by atoms with Crippen LogP contribution in [0.3, 0.4) is 0 Å². The van der Waals surface area contributed by atoms with E-state index in [1.165, 1.54) is 0 Å². The van der Waals surface area contributed by atoms with Crippen LogP contribution in [0.1, 0.15) is 39.6 Å². The Hall–Kier alpha value is -1.92. The van der Waals surface area contributed by atoms with E-state index >= 15 is 0 Å². The van der Waals surface area contributed by atoms with Gasteiger partial charge in [-0.3, -0.25) is 9.89 Å². The topological polar surface area (TPSA) is 90.2 Å². The molecular formula is C16H17Cl2N3O3. The Morgan fingerprint density at radius 1 is 1.29 bits per heavy atom. The Morgan fingerprint density at radius 3 is 2.46 bits per heavy atom. The first kappa shape index (κ1) is 16.9. The molecule has 1 heterocycles. The normalized spacial score (nSPS) is 16.6. The van der Waals surface area contributed by atoms with Gasteiger partial charge in [0.1, 0.15) is 11.5 Å². The summed E-state index contributed by atoms with van der Waals surface area (Å²) in [6.45, 7) is 0. The summed E-state index contributed by atoms with van der Waals surface area (Å²) in [5, 5.41) is 7.88. The number of hydrogen-bond donors (Lipinski definition) is 2. The van der Waals surface area contributed by atoms with Crippen LogP contribution in [0.4, 0.5) is 0 Å². The third kappa shape index (κ3) is 2.70. The molecule has 8 heteroatoms. The molecule has 0 saturated carbocycles. The number of nitrogens with two attached hydrogens (primary N) is 1. The van der Waals surface area contributed by atoms with Crippen LogP contribution in [0.2, 0.25) is 10.0 Å². The highest BCUT2D eigenvalue weighted by Crippen LogP contribution is 2.47. The number of H-pyrrole nitrogens is 1. The van der Waals surface area contributed by atoms with E-state index in [0.29, 0.717) is 40.1 Å². The van der Waals surface area contributed by atoms with Crippen LogP contribution >= 0.6 is 23.2 Å². The summed E-state index contributed by atoms with van der Waals surface area (Å²) < 4.78 is 10.7. The van der Waals surface area contributed by atoms with Gasteiger partial charge >= 0.3 is 0 Å². The van der Waals surface area contributed by atoms with Gasteiger partial charge in [-0.15, -0.1) is 0 Å². The van der Waals surface area contributed by atoms with E-state index in [4.69, 9.17) is 38.4 Å². The number of primary amides is 1. The summed E-state index contributed by atoms with van der Waals surface area (Å²) in [6.07, 6.45) is 2.06. The van der Waals surface area contributed by atoms with Crippen LogP contribution in [-0.2, 0) is 12.8 Å². The lowest BCUT2D eigenvalue weighted by atomic mass is 9.82. The minimum absolute atomic E-state index is 0.0580. The quantitative estimate of drug-likeness (QED) is 0.865. The molecule has 1 aliphatic carbocycles. The fourth-order valence-electron chi connectivity index (χ4n) is 3.22. The lowest BCUT2D eigenvalue weighted by Gasteiger charge is -2.25. The summed E-state index contributed by atoms with van der Waals surface area (Å²) >= 11 is 13.0. The number of carbonyl (C=O) groups is 1. The summed E-state index contributed by atoms with van der Waals surface area (Å²) in [7, 11) is 3.09. The third-order valence-corrected chi connectivity index (χ3v) is 5.18. The Kier molecular flexibility index (Phi) is 4.60. The SMILES string of the molecule is COc1cc(OC)c(Cl)c(C2CCc3c(C(N)=O)n[nH]c3C2)c1Cl. The number of benzene rings is 1. The van der Waals surface area contributed by atoms with Crippen molar-refractivity contribution < 1.29 is 14.3 Å². The van der Waals surface area contributed by atoms with Gasteiger partial charge in [0, 0.05) is 22.9 Å². The molecule has 1 aliphatic rings. The van der Waals surface area contributed by atoms with Gasteiger partial charge in [0.15, 0.2) is 5.69 Å². The molecule has 0 spiro atoms. The minimum Gasteiger partial charge on any atom is -0.495 e. The van der Waals surface area contributed by atoms with Crippen molar-refractivity contribution >= 4 is 29.1 Å². The zero-order valence-electron chi connectivity index (χ0n) is 13.3. The number of amides is 1. The average molecular weight is 370 g/mol. The monoisotopic (exact) mass is 369 g/mol. The van der Waals surface area contributed by atoms with Crippen LogP contribution in [0.25, 0.3) is 0 Å². The van der Waals surface area contributed by atoms with Crippen molar-refractivity contribution in [3.05, 3.63) is 38.6 Å². The average Bonchev–Trinajstić information content (AvgIpc) is 2.99. The van der Waals surface area contributed by atoms with E-state index in [-0.39, 0.29) is 5.92 Å². The number of ether oxygens (including phenoxy) is 2. The molecule has 0 fully saturated rings. The molecule has 1 atom stereocenters. The largest absolute Gasteiger partial charge is 0.495 e. The molecule has 2 aromatic rings. The van der Waals surface area contributed by atoms with Crippen molar-refractivity contribution in [3.8, 4) is 11.5 Å². The van der Waals surface area contributed by atoms with Crippen LogP contribution in [0, 0.1) is 0 Å². The van der Waals surface area contributed by atoms with Crippen molar-refractivity contribution in [2.45, 2.75) is 25.2 Å². The van der Waals surface area contributed by atoms with Gasteiger partial charge in [-0.1, -0.05) is 23.2 Å². The maximum absolute atomic E-state index is 11.4. The van der Waals surface area contributed by atoms with Crippen molar-refractivity contribution in [1.82, 2.24) is 10.2 Å². The van der Waals surface area contributed by atoms with Crippen molar-refractivity contribution in [1.29, 1.82) is 0 Å². The van der Waals surface area contributed by atoms with Gasteiger partial charge in [0.2, 0.25) is 0 Å². The van der Waals surface area contributed by atoms with E-state index in [2.05, 4.69) is 10.2 Å². The molecule has 0 radical (unpaired) electrons. The first-order valence-corrected chi connectivity index (χ1v) is 8.19. The van der Waals surface area contributed by atoms with Crippen molar-refractivity contribution in [2.75, 3.05) is 14.2 Å². The lowest BCUT2D eigenvalue weighted by Crippen LogP contribution is -2.18. The van der Waals surface area contributed by atoms with E-state index in [0.717, 1.165) is 23.2 Å². The predicted molar refractivity (Wildman–Crippen MR) is 91.4 cm³/mol. The summed E-state index contributed by atoms with van der Waals surface area (Å²) in [4.78, 5) is 11.4. The standard InChI is InChI=1S/C16H17Cl2N3O3/c1-23-10-6-11(24-2)14(18)12(13(10)17)7-3-4-8-9(5-7)20-21-15(8)16(19)22/h6-7H,3-5H2,1-2H3,(H2,19,22)(H,20,21). The van der Waals surface area contributed by atoms with E-state index in [9.17, 15) is 4.79 Å². The molecular weight excluding hydrogens is 353 g/mol. The van der Waals surface area contributed by atoms with Crippen LogP contribution in [0.5, 0.6) is 11.5 Å². The van der Waals surface area contributed by atoms with Crippen LogP contribution in [-0.4, -0.2) is 30.3 Å². The maximum atomic E-state index is 11.4. The maximum Gasteiger partial charge on any atom is 0.269 e. The fraction of sp³-hybridized carbons (Fsp3) is 0.375. The second kappa shape index (κ2) is 6.53. The molecule has 0 saturated heterocycles. The second-order valence-electron chi connectivity index (χ2n) is 5.66. The van der Waals surface area contributed by atoms with Crippen LogP contribution < -0.4 is 15.2 Å². The van der Waals surface area contributed by atoms with E-state index < -0.39 is 5.91 Å². The minimum atomic E-state index is -0.523. The molecule has 1 unspecified atom stereocenters. The number of carbonyl (C=O) groups excluding carboxylic acids is 1. The fourth-order valence-corrected chi connectivity index (χ4v) is 4.03. The molecule has 0 aliphatic heterocycles. The molecule has 3 N–H and O–H groups in total. The Labute approximate surface area is 149 Å². The molecule has 3 rings (SSSR count). The zero-order chi connectivity index (χ0) is 17.4. The highest BCUT2D eigenvalue weighted by atomic mass is 35.5. The summed E-state index contributed by atoms with van der Waals surface area (Å²) in [5.74, 6) is 0.565. The van der Waals surface area contributed by atoms with E-state index in [1.807, 2.05) is 0 Å². The lowest BCUT2D eigenvalue weighted by molar-refractivity contribution is 0.0994. The smallest absolute Gasteiger partial charge is 0.269 e. The van der Waals surface area contributed by atoms with Gasteiger partial charge in [-0.2, -0.15) is 5.10 Å². The number of fused-ring (bicyclic) bond motifs is 1. The number of halogens is 2. The number of aromatic nitrogens is 2. The number of methoxy groups -OCH3 is 2. The first-order valence-electron chi connectivity index (χ1n) is 7.43. The number of nitrogens with one attached hydrogen (secondary N) is 1. The molecule has 6 nitrogen and oxygen atoms in total. The molecule has 1 aromatic heterocycles. The van der Waals surface area contributed by atoms with Crippen LogP contribution in [0.15, 0.2) is 6.07 Å². The van der Waals surface area contributed by atoms with Gasteiger partial charge in [0.05, 0.1) is 24.3 Å². The number of aromatic amines is 1. The van der Waals surface area contributed by atoms with Gasteiger partial charge < -0.3 is 15.2 Å².